The highest BCUT2D eigenvalue weighted by molar-refractivity contribution is 6.32. The Kier molecular flexibility index (Phi) is 5.98. The average Bonchev–Trinajstić information content (AvgIpc) is 3.18. The zero-order chi connectivity index (χ0) is 19.2. The molecule has 1 heterocycles. The zero-order valence-corrected chi connectivity index (χ0v) is 15.8. The topological polar surface area (TPSA) is 76.2 Å². The number of nitrogens with zero attached hydrogens (tertiary/aromatic N) is 1. The summed E-state index contributed by atoms with van der Waals surface area (Å²) in [7, 11) is 1.55. The Balaban J connectivity index is 1.76. The van der Waals surface area contributed by atoms with Crippen LogP contribution in [0.25, 0.3) is 11.3 Å². The summed E-state index contributed by atoms with van der Waals surface area (Å²) in [6.07, 6.45) is 1.52. The van der Waals surface area contributed by atoms with Gasteiger partial charge in [0.1, 0.15) is 0 Å². The summed E-state index contributed by atoms with van der Waals surface area (Å²) in [5, 5.41) is 10.2. The van der Waals surface area contributed by atoms with Gasteiger partial charge in [0.05, 0.1) is 36.2 Å². The van der Waals surface area contributed by atoms with Crippen LogP contribution in [0.4, 0.5) is 0 Å². The first kappa shape index (κ1) is 18.8. The molecule has 0 atom stereocenters. The Morgan fingerprint density at radius 1 is 1.26 bits per heavy atom. The molecule has 0 aliphatic heterocycles. The van der Waals surface area contributed by atoms with Crippen LogP contribution >= 0.6 is 11.6 Å². The Hall–Kier alpha value is -2.99. The second-order valence-corrected chi connectivity index (χ2v) is 6.16. The Labute approximate surface area is 162 Å². The van der Waals surface area contributed by atoms with Crippen molar-refractivity contribution in [3.8, 4) is 22.8 Å². The first-order chi connectivity index (χ1) is 13.1. The molecule has 27 heavy (non-hydrogen) atoms. The number of rotatable bonds is 7. The number of aromatic amines is 1. The molecule has 0 aliphatic rings. The molecule has 140 valence electrons. The molecule has 3 aromatic rings. The van der Waals surface area contributed by atoms with Gasteiger partial charge in [0.15, 0.2) is 11.5 Å². The van der Waals surface area contributed by atoms with Crippen LogP contribution in [0.2, 0.25) is 5.02 Å². The summed E-state index contributed by atoms with van der Waals surface area (Å²) in [4.78, 5) is 12.6. The highest BCUT2D eigenvalue weighted by Gasteiger charge is 2.16. The van der Waals surface area contributed by atoms with Gasteiger partial charge in [-0.1, -0.05) is 41.9 Å². The van der Waals surface area contributed by atoms with E-state index in [2.05, 4.69) is 15.5 Å². The fourth-order valence-electron chi connectivity index (χ4n) is 2.72. The maximum Gasteiger partial charge on any atom is 0.255 e. The van der Waals surface area contributed by atoms with Crippen LogP contribution in [0.1, 0.15) is 22.8 Å². The van der Waals surface area contributed by atoms with Gasteiger partial charge in [-0.25, -0.2) is 0 Å². The molecule has 2 aromatic carbocycles. The predicted octanol–water partition coefficient (Wildman–Crippen LogP) is 4.07. The van der Waals surface area contributed by atoms with E-state index < -0.39 is 0 Å². The van der Waals surface area contributed by atoms with Gasteiger partial charge in [-0.2, -0.15) is 5.10 Å². The number of amides is 1. The normalized spacial score (nSPS) is 10.5. The third-order valence-electron chi connectivity index (χ3n) is 3.98. The molecule has 0 spiro atoms. The summed E-state index contributed by atoms with van der Waals surface area (Å²) in [5.41, 5.74) is 2.85. The minimum atomic E-state index is -0.230. The van der Waals surface area contributed by atoms with E-state index in [1.54, 1.807) is 19.2 Å². The largest absolute Gasteiger partial charge is 0.493 e. The number of methoxy groups -OCH3 is 1. The number of carbonyl (C=O) groups is 1. The van der Waals surface area contributed by atoms with Crippen LogP contribution < -0.4 is 14.8 Å². The second-order valence-electron chi connectivity index (χ2n) is 5.75. The van der Waals surface area contributed by atoms with E-state index in [9.17, 15) is 4.79 Å². The number of H-pyrrole nitrogens is 1. The van der Waals surface area contributed by atoms with Crippen molar-refractivity contribution in [2.45, 2.75) is 13.5 Å². The summed E-state index contributed by atoms with van der Waals surface area (Å²) in [6.45, 7) is 2.65. The molecule has 1 aromatic heterocycles. The van der Waals surface area contributed by atoms with Crippen LogP contribution in [0, 0.1) is 0 Å². The van der Waals surface area contributed by atoms with Crippen LogP contribution in [-0.2, 0) is 6.54 Å². The number of carbonyl (C=O) groups excluding carboxylic acids is 1. The number of aromatic nitrogens is 2. The van der Waals surface area contributed by atoms with E-state index in [1.165, 1.54) is 6.20 Å². The van der Waals surface area contributed by atoms with Gasteiger partial charge in [-0.05, 0) is 24.6 Å². The molecule has 2 N–H and O–H groups in total. The molecular weight excluding hydrogens is 366 g/mol. The molecule has 0 aliphatic carbocycles. The van der Waals surface area contributed by atoms with Gasteiger partial charge in [0.2, 0.25) is 0 Å². The van der Waals surface area contributed by atoms with Crippen molar-refractivity contribution in [2.24, 2.45) is 0 Å². The van der Waals surface area contributed by atoms with E-state index in [0.29, 0.717) is 40.9 Å². The smallest absolute Gasteiger partial charge is 0.255 e. The highest BCUT2D eigenvalue weighted by Crippen LogP contribution is 2.36. The molecular formula is C20H20ClN3O3. The van der Waals surface area contributed by atoms with Crippen LogP contribution in [0.5, 0.6) is 11.5 Å². The number of benzene rings is 2. The van der Waals surface area contributed by atoms with E-state index in [4.69, 9.17) is 21.1 Å². The monoisotopic (exact) mass is 385 g/mol. The maximum absolute atomic E-state index is 12.6. The van der Waals surface area contributed by atoms with Crippen LogP contribution in [0.3, 0.4) is 0 Å². The zero-order valence-electron chi connectivity index (χ0n) is 15.1. The van der Waals surface area contributed by atoms with E-state index in [1.807, 2.05) is 37.3 Å². The lowest BCUT2D eigenvalue weighted by atomic mass is 10.1. The highest BCUT2D eigenvalue weighted by atomic mass is 35.5. The summed E-state index contributed by atoms with van der Waals surface area (Å²) in [5.74, 6) is 0.798. The second kappa shape index (κ2) is 8.60. The Morgan fingerprint density at radius 2 is 2.04 bits per heavy atom. The van der Waals surface area contributed by atoms with Crippen molar-refractivity contribution in [3.05, 3.63) is 64.8 Å². The van der Waals surface area contributed by atoms with Crippen molar-refractivity contribution in [3.63, 3.8) is 0 Å². The van der Waals surface area contributed by atoms with Crippen molar-refractivity contribution in [2.75, 3.05) is 13.7 Å². The molecule has 0 fully saturated rings. The molecule has 1 amide bonds. The van der Waals surface area contributed by atoms with Gasteiger partial charge in [0.25, 0.3) is 5.91 Å². The van der Waals surface area contributed by atoms with Crippen molar-refractivity contribution in [1.29, 1.82) is 0 Å². The van der Waals surface area contributed by atoms with Crippen molar-refractivity contribution >= 4 is 17.5 Å². The third kappa shape index (κ3) is 4.23. The predicted molar refractivity (Wildman–Crippen MR) is 104 cm³/mol. The third-order valence-corrected chi connectivity index (χ3v) is 4.26. The number of hydrogen-bond acceptors (Lipinski definition) is 4. The first-order valence-corrected chi connectivity index (χ1v) is 8.88. The first-order valence-electron chi connectivity index (χ1n) is 8.50. The van der Waals surface area contributed by atoms with Crippen molar-refractivity contribution < 1.29 is 14.3 Å². The molecule has 0 bridgehead atoms. The van der Waals surface area contributed by atoms with Crippen LogP contribution in [-0.4, -0.2) is 29.8 Å². The van der Waals surface area contributed by atoms with Gasteiger partial charge < -0.3 is 14.8 Å². The van der Waals surface area contributed by atoms with Crippen LogP contribution in [0.15, 0.2) is 48.7 Å². The summed E-state index contributed by atoms with van der Waals surface area (Å²) in [6, 6.07) is 13.1. The average molecular weight is 386 g/mol. The quantitative estimate of drug-likeness (QED) is 0.642. The van der Waals surface area contributed by atoms with E-state index in [-0.39, 0.29) is 5.91 Å². The molecule has 0 saturated carbocycles. The van der Waals surface area contributed by atoms with Gasteiger partial charge in [-0.15, -0.1) is 0 Å². The number of nitrogens with one attached hydrogen (secondary N) is 2. The minimum absolute atomic E-state index is 0.230. The maximum atomic E-state index is 12.6. The molecule has 3 rings (SSSR count). The number of hydrogen-bond donors (Lipinski definition) is 2. The fourth-order valence-corrected chi connectivity index (χ4v) is 3.01. The van der Waals surface area contributed by atoms with Gasteiger partial charge >= 0.3 is 0 Å². The summed E-state index contributed by atoms with van der Waals surface area (Å²) >= 11 is 6.28. The lowest BCUT2D eigenvalue weighted by molar-refractivity contribution is 0.0951. The number of ether oxygens (including phenoxy) is 2. The lowest BCUT2D eigenvalue weighted by Crippen LogP contribution is -2.23. The van der Waals surface area contributed by atoms with Crippen molar-refractivity contribution in [1.82, 2.24) is 15.5 Å². The SMILES string of the molecule is CCOc1c(Cl)cc(CNC(=O)c2cn[nH]c2-c2ccccc2)cc1OC. The van der Waals surface area contributed by atoms with E-state index in [0.717, 1.165) is 11.1 Å². The fraction of sp³-hybridized carbons (Fsp3) is 0.200. The lowest BCUT2D eigenvalue weighted by Gasteiger charge is -2.13. The molecule has 0 unspecified atom stereocenters. The Bertz CT molecular complexity index is 925. The van der Waals surface area contributed by atoms with Gasteiger partial charge in [0, 0.05) is 12.1 Å². The molecule has 7 heteroatoms. The van der Waals surface area contributed by atoms with E-state index >= 15 is 0 Å². The minimum Gasteiger partial charge on any atom is -0.493 e. The number of halogens is 1. The molecule has 0 radical (unpaired) electrons. The summed E-state index contributed by atoms with van der Waals surface area (Å²) < 4.78 is 10.8. The molecule has 0 saturated heterocycles. The Morgan fingerprint density at radius 3 is 2.74 bits per heavy atom. The molecule has 6 nitrogen and oxygen atoms in total. The van der Waals surface area contributed by atoms with Gasteiger partial charge in [-0.3, -0.25) is 9.89 Å². The standard InChI is InChI=1S/C20H20ClN3O3/c1-3-27-19-16(21)9-13(10-17(19)26-2)11-22-20(25)15-12-23-24-18(15)14-7-5-4-6-8-14/h4-10,12H,3,11H2,1-2H3,(H,22,25)(H,23,24).